The second kappa shape index (κ2) is 16.9. The van der Waals surface area contributed by atoms with Crippen molar-refractivity contribution in [3.8, 4) is 11.1 Å². The van der Waals surface area contributed by atoms with E-state index in [-0.39, 0.29) is 11.9 Å². The molecule has 1 amide bonds. The molecule has 5 heteroatoms. The molecular weight excluding hydrogens is 432 g/mol. The first-order valence-corrected chi connectivity index (χ1v) is 13.3. The maximum atomic E-state index is 13.0. The molecule has 0 saturated carbocycles. The van der Waals surface area contributed by atoms with Crippen molar-refractivity contribution in [1.29, 1.82) is 0 Å². The molecule has 0 saturated heterocycles. The van der Waals surface area contributed by atoms with Crippen LogP contribution in [0.5, 0.6) is 0 Å². The summed E-state index contributed by atoms with van der Waals surface area (Å²) in [7, 11) is 1.72. The molecule has 0 aliphatic heterocycles. The van der Waals surface area contributed by atoms with Gasteiger partial charge in [0.05, 0.1) is 0 Å². The first-order chi connectivity index (χ1) is 16.9. The molecule has 0 spiro atoms. The van der Waals surface area contributed by atoms with E-state index in [4.69, 9.17) is 5.84 Å². The number of hydrogen-bond donors (Lipinski definition) is 2. The Hall–Kier alpha value is -2.66. The largest absolute Gasteiger partial charge is 0.335 e. The normalized spacial score (nSPS) is 12.1. The number of benzene rings is 2. The Balaban J connectivity index is 0.00000142. The van der Waals surface area contributed by atoms with E-state index in [0.29, 0.717) is 24.7 Å². The van der Waals surface area contributed by atoms with E-state index in [0.717, 1.165) is 41.5 Å². The van der Waals surface area contributed by atoms with Gasteiger partial charge in [-0.3, -0.25) is 9.79 Å². The van der Waals surface area contributed by atoms with Gasteiger partial charge in [0.1, 0.15) is 5.84 Å². The molecule has 2 rings (SSSR count). The summed E-state index contributed by atoms with van der Waals surface area (Å²) in [6, 6.07) is 16.8. The van der Waals surface area contributed by atoms with Crippen molar-refractivity contribution >= 4 is 11.7 Å². The van der Waals surface area contributed by atoms with Gasteiger partial charge in [-0.1, -0.05) is 109 Å². The first-order valence-electron chi connectivity index (χ1n) is 13.3. The summed E-state index contributed by atoms with van der Waals surface area (Å²) in [5.74, 6) is 6.99. The summed E-state index contributed by atoms with van der Waals surface area (Å²) < 4.78 is 0. The van der Waals surface area contributed by atoms with Crippen LogP contribution >= 0.6 is 0 Å². The van der Waals surface area contributed by atoms with Crippen LogP contribution in [0.2, 0.25) is 0 Å². The van der Waals surface area contributed by atoms with E-state index in [9.17, 15) is 4.79 Å². The molecular formula is C30H48N4O. The van der Waals surface area contributed by atoms with E-state index >= 15 is 0 Å². The maximum Gasteiger partial charge on any atom is 0.223 e. The van der Waals surface area contributed by atoms with E-state index in [1.165, 1.54) is 12.8 Å². The number of amidine groups is 1. The average Bonchev–Trinajstić information content (AvgIpc) is 2.88. The zero-order valence-electron chi connectivity index (χ0n) is 23.1. The van der Waals surface area contributed by atoms with Gasteiger partial charge in [-0.05, 0) is 35.4 Å². The van der Waals surface area contributed by atoms with E-state index in [1.807, 2.05) is 18.2 Å². The highest BCUT2D eigenvalue weighted by atomic mass is 16.2. The lowest BCUT2D eigenvalue weighted by Crippen LogP contribution is -2.42. The molecule has 194 valence electrons. The summed E-state index contributed by atoms with van der Waals surface area (Å²) in [5.41, 5.74) is 6.95. The third-order valence-electron chi connectivity index (χ3n) is 6.31. The minimum Gasteiger partial charge on any atom is -0.335 e. The Morgan fingerprint density at radius 3 is 2.09 bits per heavy atom. The molecule has 2 aromatic carbocycles. The predicted octanol–water partition coefficient (Wildman–Crippen LogP) is 6.95. The molecule has 5 nitrogen and oxygen atoms in total. The quantitative estimate of drug-likeness (QED) is 0.158. The van der Waals surface area contributed by atoms with Crippen LogP contribution in [0.25, 0.3) is 11.1 Å². The Labute approximate surface area is 214 Å². The van der Waals surface area contributed by atoms with Crippen LogP contribution in [-0.2, 0) is 11.3 Å². The SMILES string of the molecule is CCCC.CCCCC(=O)N(Cc1ccc(-c2ccccc2C(=NC)NN)cc1)C(CC)C(C)C. The highest BCUT2D eigenvalue weighted by Gasteiger charge is 2.24. The lowest BCUT2D eigenvalue weighted by atomic mass is 9.96. The third-order valence-corrected chi connectivity index (χ3v) is 6.31. The molecule has 2 aromatic rings. The van der Waals surface area contributed by atoms with Gasteiger partial charge >= 0.3 is 0 Å². The zero-order valence-corrected chi connectivity index (χ0v) is 23.1. The topological polar surface area (TPSA) is 70.7 Å². The standard InChI is InChI=1S/C26H38N4O.C4H10/c1-6-8-13-25(31)30(24(7-2)19(3)4)18-20-14-16-21(17-15-20)22-11-9-10-12-23(22)26(28-5)29-27;1-3-4-2/h9-12,14-17,19,24H,6-8,13,18,27H2,1-5H3,(H,28,29);3-4H2,1-2H3. The number of carbonyl (C=O) groups excluding carboxylic acids is 1. The van der Waals surface area contributed by atoms with Crippen LogP contribution in [0.15, 0.2) is 53.5 Å². The molecule has 0 aliphatic carbocycles. The molecule has 1 unspecified atom stereocenters. The van der Waals surface area contributed by atoms with Gasteiger partial charge in [-0.15, -0.1) is 0 Å². The molecule has 0 bridgehead atoms. The number of nitrogens with two attached hydrogens (primary N) is 1. The number of amides is 1. The maximum absolute atomic E-state index is 13.0. The third kappa shape index (κ3) is 9.48. The number of unbranched alkanes of at least 4 members (excludes halogenated alkanes) is 2. The van der Waals surface area contributed by atoms with Crippen molar-refractivity contribution in [2.24, 2.45) is 16.8 Å². The van der Waals surface area contributed by atoms with Crippen molar-refractivity contribution in [1.82, 2.24) is 10.3 Å². The lowest BCUT2D eigenvalue weighted by Gasteiger charge is -2.34. The van der Waals surface area contributed by atoms with Crippen LogP contribution in [0.4, 0.5) is 0 Å². The van der Waals surface area contributed by atoms with E-state index < -0.39 is 0 Å². The summed E-state index contributed by atoms with van der Waals surface area (Å²) in [4.78, 5) is 19.3. The van der Waals surface area contributed by atoms with Crippen molar-refractivity contribution in [2.75, 3.05) is 7.05 Å². The fraction of sp³-hybridized carbons (Fsp3) is 0.533. The minimum absolute atomic E-state index is 0.253. The van der Waals surface area contributed by atoms with Crippen molar-refractivity contribution in [3.63, 3.8) is 0 Å². The molecule has 0 heterocycles. The smallest absolute Gasteiger partial charge is 0.223 e. The van der Waals surface area contributed by atoms with Crippen LogP contribution in [0.3, 0.4) is 0 Å². The van der Waals surface area contributed by atoms with E-state index in [1.54, 1.807) is 7.05 Å². The second-order valence-electron chi connectivity index (χ2n) is 9.30. The number of hydrazine groups is 1. The highest BCUT2D eigenvalue weighted by molar-refractivity contribution is 6.04. The molecule has 1 atom stereocenters. The van der Waals surface area contributed by atoms with Gasteiger partial charge in [0.15, 0.2) is 0 Å². The Morgan fingerprint density at radius 2 is 1.60 bits per heavy atom. The number of carbonyl (C=O) groups is 1. The number of aliphatic imine (C=N–C) groups is 1. The second-order valence-corrected chi connectivity index (χ2v) is 9.30. The Bertz CT molecular complexity index is 887. The number of nitrogens with zero attached hydrogens (tertiary/aromatic N) is 2. The molecule has 35 heavy (non-hydrogen) atoms. The van der Waals surface area contributed by atoms with Crippen LogP contribution < -0.4 is 11.3 Å². The molecule has 0 radical (unpaired) electrons. The zero-order chi connectivity index (χ0) is 26.2. The van der Waals surface area contributed by atoms with Gasteiger partial charge in [-0.2, -0.15) is 0 Å². The van der Waals surface area contributed by atoms with Crippen LogP contribution in [-0.4, -0.2) is 29.7 Å². The number of nitrogens with one attached hydrogen (secondary N) is 1. The Morgan fingerprint density at radius 1 is 0.971 bits per heavy atom. The van der Waals surface area contributed by atoms with E-state index in [2.05, 4.69) is 87.2 Å². The number of hydrogen-bond acceptors (Lipinski definition) is 3. The average molecular weight is 481 g/mol. The molecule has 0 aromatic heterocycles. The van der Waals surface area contributed by atoms with Crippen LogP contribution in [0.1, 0.15) is 91.2 Å². The fourth-order valence-corrected chi connectivity index (χ4v) is 4.10. The van der Waals surface area contributed by atoms with Gasteiger partial charge in [0, 0.05) is 31.6 Å². The van der Waals surface area contributed by atoms with Gasteiger partial charge in [-0.25, -0.2) is 5.84 Å². The van der Waals surface area contributed by atoms with Crippen molar-refractivity contribution in [3.05, 3.63) is 59.7 Å². The van der Waals surface area contributed by atoms with Gasteiger partial charge in [0.2, 0.25) is 5.91 Å². The molecule has 3 N–H and O–H groups in total. The predicted molar refractivity (Wildman–Crippen MR) is 151 cm³/mol. The summed E-state index contributed by atoms with van der Waals surface area (Å²) in [6.45, 7) is 13.7. The molecule has 0 aliphatic rings. The number of rotatable bonds is 11. The Kier molecular flexibility index (Phi) is 14.6. The summed E-state index contributed by atoms with van der Waals surface area (Å²) >= 11 is 0. The monoisotopic (exact) mass is 480 g/mol. The first kappa shape index (κ1) is 30.4. The summed E-state index contributed by atoms with van der Waals surface area (Å²) in [5, 5.41) is 0. The molecule has 0 fully saturated rings. The van der Waals surface area contributed by atoms with Crippen LogP contribution in [0, 0.1) is 5.92 Å². The lowest BCUT2D eigenvalue weighted by molar-refractivity contribution is -0.135. The minimum atomic E-state index is 0.253. The highest BCUT2D eigenvalue weighted by Crippen LogP contribution is 2.26. The van der Waals surface area contributed by atoms with Crippen molar-refractivity contribution < 1.29 is 4.79 Å². The van der Waals surface area contributed by atoms with Gasteiger partial charge in [0.25, 0.3) is 0 Å². The summed E-state index contributed by atoms with van der Waals surface area (Å²) in [6.07, 6.45) is 6.20. The van der Waals surface area contributed by atoms with Crippen molar-refractivity contribution in [2.45, 2.75) is 92.7 Å². The van der Waals surface area contributed by atoms with Gasteiger partial charge < -0.3 is 10.3 Å². The fourth-order valence-electron chi connectivity index (χ4n) is 4.10.